The van der Waals surface area contributed by atoms with E-state index in [9.17, 15) is 4.79 Å². The number of aryl methyl sites for hydroxylation is 1. The highest BCUT2D eigenvalue weighted by molar-refractivity contribution is 7.99. The molecule has 0 saturated carbocycles. The molecule has 2 heterocycles. The Hall–Kier alpha value is -3.32. The Labute approximate surface area is 178 Å². The Bertz CT molecular complexity index is 1120. The number of nitrogens with zero attached hydrogens (tertiary/aromatic N) is 2. The lowest BCUT2D eigenvalue weighted by molar-refractivity contribution is -0.119. The monoisotopic (exact) mass is 419 g/mol. The van der Waals surface area contributed by atoms with Crippen molar-refractivity contribution in [3.05, 3.63) is 78.3 Å². The molecule has 0 spiro atoms. The second kappa shape index (κ2) is 9.00. The van der Waals surface area contributed by atoms with Gasteiger partial charge in [0.15, 0.2) is 0 Å². The normalized spacial score (nSPS) is 11.9. The van der Waals surface area contributed by atoms with Gasteiger partial charge in [-0.15, -0.1) is 10.2 Å². The maximum Gasteiger partial charge on any atom is 0.277 e. The smallest absolute Gasteiger partial charge is 0.277 e. The number of benzene rings is 2. The van der Waals surface area contributed by atoms with Gasteiger partial charge < -0.3 is 14.2 Å². The van der Waals surface area contributed by atoms with Crippen LogP contribution in [0, 0.1) is 6.92 Å². The zero-order chi connectivity index (χ0) is 20.9. The third-order valence-corrected chi connectivity index (χ3v) is 5.54. The van der Waals surface area contributed by atoms with Crippen LogP contribution in [0.25, 0.3) is 22.6 Å². The number of hydrogen-bond donors (Lipinski definition) is 1. The van der Waals surface area contributed by atoms with Crippen molar-refractivity contribution < 1.29 is 13.6 Å². The third kappa shape index (κ3) is 4.63. The molecule has 0 saturated heterocycles. The van der Waals surface area contributed by atoms with Crippen LogP contribution in [-0.2, 0) is 4.79 Å². The fourth-order valence-electron chi connectivity index (χ4n) is 3.07. The first-order chi connectivity index (χ1) is 14.6. The fourth-order valence-corrected chi connectivity index (χ4v) is 3.65. The predicted octanol–water partition coefficient (Wildman–Crippen LogP) is 5.27. The summed E-state index contributed by atoms with van der Waals surface area (Å²) >= 11 is 1.21. The molecule has 0 aliphatic rings. The van der Waals surface area contributed by atoms with E-state index in [-0.39, 0.29) is 17.7 Å². The quantitative estimate of drug-likeness (QED) is 0.411. The maximum atomic E-state index is 12.3. The van der Waals surface area contributed by atoms with E-state index >= 15 is 0 Å². The molecule has 2 aromatic heterocycles. The van der Waals surface area contributed by atoms with E-state index in [0.29, 0.717) is 16.9 Å². The van der Waals surface area contributed by atoms with Crippen molar-refractivity contribution in [1.82, 2.24) is 15.5 Å². The number of thioether (sulfide) groups is 1. The van der Waals surface area contributed by atoms with Crippen LogP contribution in [0.2, 0.25) is 0 Å². The number of amides is 1. The molecule has 30 heavy (non-hydrogen) atoms. The Balaban J connectivity index is 1.31. The van der Waals surface area contributed by atoms with Gasteiger partial charge in [-0.1, -0.05) is 66.4 Å². The van der Waals surface area contributed by atoms with E-state index in [4.69, 9.17) is 8.83 Å². The summed E-state index contributed by atoms with van der Waals surface area (Å²) in [5.74, 6) is 1.19. The van der Waals surface area contributed by atoms with Gasteiger partial charge in [-0.05, 0) is 36.6 Å². The number of carbonyl (C=O) groups excluding carboxylic acids is 1. The van der Waals surface area contributed by atoms with Gasteiger partial charge in [0.2, 0.25) is 5.91 Å². The summed E-state index contributed by atoms with van der Waals surface area (Å²) < 4.78 is 10.9. The molecule has 6 nitrogen and oxygen atoms in total. The molecule has 4 aromatic rings. The summed E-state index contributed by atoms with van der Waals surface area (Å²) in [5, 5.41) is 11.3. The second-order valence-electron chi connectivity index (χ2n) is 6.83. The van der Waals surface area contributed by atoms with Crippen molar-refractivity contribution in [2.45, 2.75) is 25.1 Å². The lowest BCUT2D eigenvalue weighted by atomic mass is 10.0. The summed E-state index contributed by atoms with van der Waals surface area (Å²) in [6, 6.07) is 20.1. The molecule has 0 bridgehead atoms. The van der Waals surface area contributed by atoms with Crippen molar-refractivity contribution in [3.63, 3.8) is 0 Å². The highest BCUT2D eigenvalue weighted by atomic mass is 32.2. The van der Waals surface area contributed by atoms with Gasteiger partial charge in [-0.2, -0.15) is 0 Å². The minimum Gasteiger partial charge on any atom is -0.469 e. The van der Waals surface area contributed by atoms with Crippen LogP contribution in [0.4, 0.5) is 0 Å². The van der Waals surface area contributed by atoms with Crippen molar-refractivity contribution in [2.24, 2.45) is 0 Å². The summed E-state index contributed by atoms with van der Waals surface area (Å²) in [7, 11) is 0. The molecule has 0 aliphatic carbocycles. The average molecular weight is 420 g/mol. The highest BCUT2D eigenvalue weighted by Gasteiger charge is 2.15. The van der Waals surface area contributed by atoms with Crippen LogP contribution >= 0.6 is 11.8 Å². The molecular weight excluding hydrogens is 398 g/mol. The number of carbonyl (C=O) groups is 1. The van der Waals surface area contributed by atoms with E-state index in [0.717, 1.165) is 16.7 Å². The molecule has 0 radical (unpaired) electrons. The van der Waals surface area contributed by atoms with Gasteiger partial charge >= 0.3 is 0 Å². The topological polar surface area (TPSA) is 81.2 Å². The zero-order valence-electron chi connectivity index (χ0n) is 16.7. The van der Waals surface area contributed by atoms with E-state index in [1.807, 2.05) is 44.2 Å². The Morgan fingerprint density at radius 2 is 1.77 bits per heavy atom. The molecular formula is C23H21N3O3S. The van der Waals surface area contributed by atoms with Crippen LogP contribution in [0.15, 0.2) is 81.0 Å². The molecule has 4 rings (SSSR count). The molecule has 152 valence electrons. The first-order valence-electron chi connectivity index (χ1n) is 9.55. The minimum absolute atomic E-state index is 0.0983. The summed E-state index contributed by atoms with van der Waals surface area (Å²) in [6.07, 6.45) is 1.57. The Morgan fingerprint density at radius 3 is 2.47 bits per heavy atom. The lowest BCUT2D eigenvalue weighted by Crippen LogP contribution is -2.28. The first-order valence-corrected chi connectivity index (χ1v) is 10.5. The molecule has 0 unspecified atom stereocenters. The molecule has 2 aromatic carbocycles. The largest absolute Gasteiger partial charge is 0.469 e. The molecule has 0 fully saturated rings. The molecule has 0 aliphatic heterocycles. The van der Waals surface area contributed by atoms with E-state index in [2.05, 4.69) is 39.8 Å². The average Bonchev–Trinajstić information content (AvgIpc) is 3.41. The van der Waals surface area contributed by atoms with Gasteiger partial charge in [0.25, 0.3) is 11.1 Å². The zero-order valence-corrected chi connectivity index (χ0v) is 17.5. The van der Waals surface area contributed by atoms with Gasteiger partial charge in [0, 0.05) is 0 Å². The number of rotatable bonds is 7. The van der Waals surface area contributed by atoms with Crippen LogP contribution in [0.3, 0.4) is 0 Å². The summed E-state index contributed by atoms with van der Waals surface area (Å²) in [6.45, 7) is 3.79. The predicted molar refractivity (Wildman–Crippen MR) is 116 cm³/mol. The van der Waals surface area contributed by atoms with Gasteiger partial charge in [0.05, 0.1) is 23.6 Å². The van der Waals surface area contributed by atoms with Gasteiger partial charge in [-0.25, -0.2) is 0 Å². The summed E-state index contributed by atoms with van der Waals surface area (Å²) in [5.41, 5.74) is 4.12. The van der Waals surface area contributed by atoms with E-state index in [1.54, 1.807) is 12.3 Å². The fraction of sp³-hybridized carbons (Fsp3) is 0.174. The maximum absolute atomic E-state index is 12.3. The molecule has 1 N–H and O–H groups in total. The van der Waals surface area contributed by atoms with E-state index in [1.165, 1.54) is 17.3 Å². The minimum atomic E-state index is -0.102. The molecule has 1 amide bonds. The van der Waals surface area contributed by atoms with Gasteiger partial charge in [-0.3, -0.25) is 4.79 Å². The second-order valence-corrected chi connectivity index (χ2v) is 7.76. The Morgan fingerprint density at radius 1 is 1.03 bits per heavy atom. The van der Waals surface area contributed by atoms with Crippen molar-refractivity contribution in [2.75, 3.05) is 5.75 Å². The van der Waals surface area contributed by atoms with Crippen molar-refractivity contribution in [1.29, 1.82) is 0 Å². The summed E-state index contributed by atoms with van der Waals surface area (Å²) in [4.78, 5) is 12.3. The third-order valence-electron chi connectivity index (χ3n) is 4.72. The SMILES string of the molecule is Cc1occc1-c1nnc(SCC(=O)N[C@@H](C)c2ccc(-c3ccccc3)cc2)o1. The number of nitrogens with one attached hydrogen (secondary N) is 1. The number of aromatic nitrogens is 2. The highest BCUT2D eigenvalue weighted by Crippen LogP contribution is 2.26. The molecule has 7 heteroatoms. The van der Waals surface area contributed by atoms with E-state index < -0.39 is 0 Å². The first kappa shape index (κ1) is 20.0. The van der Waals surface area contributed by atoms with Crippen LogP contribution in [0.1, 0.15) is 24.3 Å². The van der Waals surface area contributed by atoms with Crippen molar-refractivity contribution >= 4 is 17.7 Å². The van der Waals surface area contributed by atoms with Crippen LogP contribution in [-0.4, -0.2) is 21.9 Å². The number of furan rings is 1. The van der Waals surface area contributed by atoms with Crippen molar-refractivity contribution in [3.8, 4) is 22.6 Å². The van der Waals surface area contributed by atoms with Gasteiger partial charge in [0.1, 0.15) is 5.76 Å². The number of hydrogen-bond acceptors (Lipinski definition) is 6. The standard InChI is InChI=1S/C23H21N3O3S/c1-15(17-8-10-19(11-9-17)18-6-4-3-5-7-18)24-21(27)14-30-23-26-25-22(29-23)20-12-13-28-16(20)2/h3-13,15H,14H2,1-2H3,(H,24,27)/t15-/m0/s1. The van der Waals surface area contributed by atoms with Crippen LogP contribution < -0.4 is 5.32 Å². The lowest BCUT2D eigenvalue weighted by Gasteiger charge is -2.14. The Kier molecular flexibility index (Phi) is 5.99. The molecule has 1 atom stereocenters. The van der Waals surface area contributed by atoms with Crippen LogP contribution in [0.5, 0.6) is 0 Å².